The molecule has 5 N–H and O–H groups in total. The summed E-state index contributed by atoms with van der Waals surface area (Å²) in [6.07, 6.45) is 20.4. The molecule has 14 nitrogen and oxygen atoms in total. The minimum Gasteiger partial charge on any atom is -0.536 e. The molecular formula is C55H79BBrN10O4. The number of methoxy groups -OCH3 is 2. The van der Waals surface area contributed by atoms with Crippen molar-refractivity contribution in [2.45, 2.75) is 137 Å². The van der Waals surface area contributed by atoms with Crippen LogP contribution in [0.2, 0.25) is 0 Å². The van der Waals surface area contributed by atoms with E-state index in [0.717, 1.165) is 125 Å². The summed E-state index contributed by atoms with van der Waals surface area (Å²) >= 11 is 3.68. The number of aromatic nitrogens is 2. The van der Waals surface area contributed by atoms with Gasteiger partial charge in [0.1, 0.15) is 17.4 Å². The van der Waals surface area contributed by atoms with Crippen LogP contribution in [0.4, 0.5) is 0 Å². The first-order chi connectivity index (χ1) is 32.2. The summed E-state index contributed by atoms with van der Waals surface area (Å²) < 4.78 is 17.1. The number of amidine groups is 2. The Bertz CT molecular complexity index is 2550. The summed E-state index contributed by atoms with van der Waals surface area (Å²) in [5.41, 5.74) is 19.8. The lowest BCUT2D eigenvalue weighted by Gasteiger charge is -2.47. The van der Waals surface area contributed by atoms with Crippen LogP contribution in [0.25, 0.3) is 11.1 Å². The van der Waals surface area contributed by atoms with Gasteiger partial charge in [0.05, 0.1) is 18.4 Å². The second-order valence-electron chi connectivity index (χ2n) is 18.9. The Balaban J connectivity index is 0.000000214. The van der Waals surface area contributed by atoms with Crippen LogP contribution in [0.3, 0.4) is 0 Å². The van der Waals surface area contributed by atoms with E-state index in [4.69, 9.17) is 45.9 Å². The van der Waals surface area contributed by atoms with Gasteiger partial charge in [-0.25, -0.2) is 9.98 Å². The van der Waals surface area contributed by atoms with Crippen LogP contribution >= 0.6 is 15.9 Å². The molecule has 71 heavy (non-hydrogen) atoms. The van der Waals surface area contributed by atoms with Gasteiger partial charge in [-0.15, -0.1) is 0 Å². The molecule has 1 radical (unpaired) electrons. The minimum absolute atomic E-state index is 0. The number of nitrogens with zero attached hydrogens (tertiary/aromatic N) is 8. The quantitative estimate of drug-likeness (QED) is 0.163. The molecule has 0 amide bonds. The van der Waals surface area contributed by atoms with Gasteiger partial charge in [-0.05, 0) is 147 Å². The number of nitrogens with two attached hydrogens (primary N) is 2. The molecule has 4 spiro atoms. The topological polar surface area (TPSA) is 182 Å². The summed E-state index contributed by atoms with van der Waals surface area (Å²) in [6, 6.07) is 21.0. The highest BCUT2D eigenvalue weighted by Crippen LogP contribution is 2.64. The first-order valence-electron chi connectivity index (χ1n) is 23.5. The van der Waals surface area contributed by atoms with Crippen molar-refractivity contribution in [3.05, 3.63) is 112 Å². The number of ether oxygens (including phenoxy) is 2. The third-order valence-electron chi connectivity index (χ3n) is 15.7. The number of fused-ring (bicyclic) bond motifs is 10. The van der Waals surface area contributed by atoms with Crippen LogP contribution < -0.4 is 16.1 Å². The SMILES string of the molecule is C.C.C.C.C.COC1CCC2(CC1)Cc1ccc(-c3cccnc3)cc1C21N=C(N)N2CCCN=C21.COC1CCC2(CC1)Cc1ccc(Br)cc1C21N=C(N)N2CCCN=C21.O[B]Oc1cccnc1. The Morgan fingerprint density at radius 3 is 1.61 bits per heavy atom. The number of rotatable bonds is 5. The number of halogens is 1. The van der Waals surface area contributed by atoms with Crippen LogP contribution in [0.1, 0.15) is 124 Å². The average molecular weight is 1040 g/mol. The van der Waals surface area contributed by atoms with Gasteiger partial charge in [-0.2, -0.15) is 0 Å². The van der Waals surface area contributed by atoms with Crippen LogP contribution in [0, 0.1) is 10.8 Å². The standard InChI is InChI=1S/C25H29N5O.C20H25BrN4O.C5H5BNO2.5CH4/c1-31-20-7-9-24(10-8-20)15-18-6-5-17(19-4-2-11-27-16-19)14-21(18)25(24)22-28-12-3-13-30(22)23(26)29-25;1-26-15-5-7-19(8-6-15)12-13-3-4-14(21)11-16(13)20(19)17-23-9-2-10-25(17)18(22)24-20;8-6-9-5-2-1-3-7-4-5;;;;;/h2,4-6,11,14,16,20H,3,7-10,12-13,15H2,1H3,(H2,26,29);3-4,11,15H,2,5-10,12H2,1H3,(H2,22,24);1-4,8H;5*1H4. The molecule has 0 bridgehead atoms. The fourth-order valence-electron chi connectivity index (χ4n) is 12.6. The molecule has 16 heteroatoms. The molecule has 2 aromatic heterocycles. The van der Waals surface area contributed by atoms with E-state index in [0.29, 0.717) is 37.6 Å². The first-order valence-corrected chi connectivity index (χ1v) is 24.3. The van der Waals surface area contributed by atoms with E-state index >= 15 is 0 Å². The fraction of sp³-hybridized carbons (Fsp3) is 0.527. The molecule has 4 aromatic rings. The van der Waals surface area contributed by atoms with Gasteiger partial charge < -0.3 is 30.6 Å². The van der Waals surface area contributed by atoms with Gasteiger partial charge in [-0.1, -0.05) is 77.3 Å². The summed E-state index contributed by atoms with van der Waals surface area (Å²) in [5, 5.41) is 8.14. The number of benzene rings is 2. The van der Waals surface area contributed by atoms with Gasteiger partial charge in [0, 0.05) is 74.3 Å². The van der Waals surface area contributed by atoms with E-state index in [-0.39, 0.29) is 48.0 Å². The summed E-state index contributed by atoms with van der Waals surface area (Å²) in [6.45, 7) is 3.56. The van der Waals surface area contributed by atoms with Crippen LogP contribution in [0.5, 0.6) is 5.75 Å². The Morgan fingerprint density at radius 1 is 0.648 bits per heavy atom. The molecule has 8 aliphatic rings. The minimum atomic E-state index is -0.482. The largest absolute Gasteiger partial charge is 0.569 e. The van der Waals surface area contributed by atoms with Gasteiger partial charge in [-0.3, -0.25) is 29.8 Å². The Hall–Kier alpha value is -5.16. The second kappa shape index (κ2) is 23.2. The molecule has 2 atom stereocenters. The smallest absolute Gasteiger partial charge is 0.536 e. The predicted octanol–water partition coefficient (Wildman–Crippen LogP) is 9.88. The van der Waals surface area contributed by atoms with Gasteiger partial charge in [0.25, 0.3) is 0 Å². The summed E-state index contributed by atoms with van der Waals surface area (Å²) in [4.78, 5) is 33.0. The van der Waals surface area contributed by atoms with E-state index in [1.54, 1.807) is 18.3 Å². The zero-order valence-corrected chi connectivity index (χ0v) is 39.5. The zero-order chi connectivity index (χ0) is 45.5. The monoisotopic (exact) mass is 1030 g/mol. The van der Waals surface area contributed by atoms with Crippen molar-refractivity contribution < 1.29 is 19.2 Å². The zero-order valence-electron chi connectivity index (χ0n) is 37.9. The Kier molecular flexibility index (Phi) is 18.5. The van der Waals surface area contributed by atoms with Crippen molar-refractivity contribution in [1.29, 1.82) is 0 Å². The van der Waals surface area contributed by atoms with Crippen molar-refractivity contribution >= 4 is 47.2 Å². The molecule has 383 valence electrons. The van der Waals surface area contributed by atoms with E-state index in [2.05, 4.69) is 82.8 Å². The highest BCUT2D eigenvalue weighted by atomic mass is 79.9. The molecule has 12 rings (SSSR count). The molecule has 4 aliphatic carbocycles. The highest BCUT2D eigenvalue weighted by Gasteiger charge is 2.67. The lowest BCUT2D eigenvalue weighted by molar-refractivity contribution is 0.0113. The summed E-state index contributed by atoms with van der Waals surface area (Å²) in [7, 11) is 4.29. The maximum atomic E-state index is 8.14. The molecule has 2 saturated carbocycles. The lowest BCUT2D eigenvalue weighted by Crippen LogP contribution is -2.53. The Morgan fingerprint density at radius 2 is 1.14 bits per heavy atom. The lowest BCUT2D eigenvalue weighted by atomic mass is 9.61. The van der Waals surface area contributed by atoms with Gasteiger partial charge in [0.15, 0.2) is 23.0 Å². The van der Waals surface area contributed by atoms with E-state index in [9.17, 15) is 0 Å². The van der Waals surface area contributed by atoms with Gasteiger partial charge >= 0.3 is 7.69 Å². The summed E-state index contributed by atoms with van der Waals surface area (Å²) in [5.74, 6) is 3.97. The van der Waals surface area contributed by atoms with E-state index in [1.807, 2.05) is 32.7 Å². The van der Waals surface area contributed by atoms with E-state index in [1.165, 1.54) is 34.0 Å². The van der Waals surface area contributed by atoms with E-state index < -0.39 is 11.1 Å². The molecule has 6 heterocycles. The average Bonchev–Trinajstić information content (AvgIpc) is 4.02. The molecular weight excluding hydrogens is 955 g/mol. The Labute approximate surface area is 433 Å². The van der Waals surface area contributed by atoms with Crippen molar-refractivity contribution in [2.75, 3.05) is 40.4 Å². The molecule has 0 saturated heterocycles. The molecule has 2 fully saturated rings. The molecule has 2 aromatic carbocycles. The predicted molar refractivity (Wildman–Crippen MR) is 295 cm³/mol. The number of pyridine rings is 2. The number of hydrogen-bond acceptors (Lipinski definition) is 14. The van der Waals surface area contributed by atoms with Crippen molar-refractivity contribution in [1.82, 2.24) is 19.8 Å². The number of hydrogen-bond donors (Lipinski definition) is 3. The number of guanidine groups is 2. The van der Waals surface area contributed by atoms with Gasteiger partial charge in [0.2, 0.25) is 0 Å². The van der Waals surface area contributed by atoms with Crippen molar-refractivity contribution in [3.8, 4) is 16.9 Å². The highest BCUT2D eigenvalue weighted by molar-refractivity contribution is 9.10. The van der Waals surface area contributed by atoms with Crippen LogP contribution in [0.15, 0.2) is 110 Å². The second-order valence-corrected chi connectivity index (χ2v) is 19.8. The molecule has 4 aliphatic heterocycles. The van der Waals surface area contributed by atoms with Crippen molar-refractivity contribution in [2.24, 2.45) is 42.3 Å². The maximum Gasteiger partial charge on any atom is 0.569 e. The fourth-order valence-corrected chi connectivity index (χ4v) is 13.0. The van der Waals surface area contributed by atoms with Crippen LogP contribution in [-0.4, -0.2) is 109 Å². The van der Waals surface area contributed by atoms with Crippen molar-refractivity contribution in [3.63, 3.8) is 0 Å². The number of aliphatic imine (C=N–C) groups is 4. The third-order valence-corrected chi connectivity index (χ3v) is 16.2. The molecule has 2 unspecified atom stereocenters. The maximum absolute atomic E-state index is 8.14. The van der Waals surface area contributed by atoms with Crippen LogP contribution in [-0.2, 0) is 33.4 Å². The first kappa shape index (κ1) is 56.8. The third kappa shape index (κ3) is 9.54. The normalized spacial score (nSPS) is 27.8.